The Morgan fingerprint density at radius 1 is 0.355 bits per heavy atom. The first kappa shape index (κ1) is 57.8. The van der Waals surface area contributed by atoms with Gasteiger partial charge in [0.2, 0.25) is 0 Å². The monoisotopic (exact) mass is 853 g/mol. The fourth-order valence-electron chi connectivity index (χ4n) is 5.87. The van der Waals surface area contributed by atoms with Crippen molar-refractivity contribution in [3.05, 3.63) is 146 Å². The van der Waals surface area contributed by atoms with Gasteiger partial charge >= 0.3 is 11.9 Å². The predicted molar refractivity (Wildman–Crippen MR) is 269 cm³/mol. The van der Waals surface area contributed by atoms with Crippen molar-refractivity contribution in [1.29, 1.82) is 0 Å². The Labute approximate surface area is 381 Å². The largest absolute Gasteiger partial charge is 0.462 e. The van der Waals surface area contributed by atoms with Gasteiger partial charge in [0, 0.05) is 19.4 Å². The Morgan fingerprint density at radius 2 is 0.710 bits per heavy atom. The van der Waals surface area contributed by atoms with Gasteiger partial charge < -0.3 is 14.2 Å². The molecule has 0 aliphatic heterocycles. The molecule has 1 atom stereocenters. The maximum absolute atomic E-state index is 12.7. The van der Waals surface area contributed by atoms with E-state index in [9.17, 15) is 9.59 Å². The molecule has 0 aromatic carbocycles. The van der Waals surface area contributed by atoms with Crippen LogP contribution in [0.25, 0.3) is 0 Å². The van der Waals surface area contributed by atoms with Gasteiger partial charge in [0.25, 0.3) is 0 Å². The maximum Gasteiger partial charge on any atom is 0.306 e. The van der Waals surface area contributed by atoms with E-state index in [1.807, 2.05) is 6.08 Å². The minimum Gasteiger partial charge on any atom is -0.462 e. The molecule has 0 saturated heterocycles. The highest BCUT2D eigenvalue weighted by Gasteiger charge is 2.17. The third-order valence-corrected chi connectivity index (χ3v) is 9.36. The van der Waals surface area contributed by atoms with E-state index < -0.39 is 6.10 Å². The first-order valence-electron chi connectivity index (χ1n) is 24.4. The van der Waals surface area contributed by atoms with E-state index in [0.29, 0.717) is 19.4 Å². The SMILES string of the molecule is CC/C=C\C/C=C\C/C=C\C/C=C\CCCCCCCCC(=O)OCC(COCCC/C=C\C/C=C\C/C=C\C/C=C\CC)OC(=O)CC/C=C\C/C=C\C/C=C\C/C=C\CC. The average molecular weight is 853 g/mol. The second-order valence-corrected chi connectivity index (χ2v) is 15.2. The molecule has 0 bridgehead atoms. The summed E-state index contributed by atoms with van der Waals surface area (Å²) in [4.78, 5) is 25.3. The van der Waals surface area contributed by atoms with E-state index in [-0.39, 0.29) is 31.6 Å². The predicted octanol–water partition coefficient (Wildman–Crippen LogP) is 16.6. The van der Waals surface area contributed by atoms with Crippen molar-refractivity contribution in [2.75, 3.05) is 19.8 Å². The zero-order chi connectivity index (χ0) is 44.9. The van der Waals surface area contributed by atoms with Crippen LogP contribution in [0.1, 0.15) is 175 Å². The summed E-state index contributed by atoms with van der Waals surface area (Å²) in [5, 5.41) is 0. The van der Waals surface area contributed by atoms with E-state index >= 15 is 0 Å². The Kier molecular flexibility index (Phi) is 47.7. The number of ether oxygens (including phenoxy) is 3. The lowest BCUT2D eigenvalue weighted by Gasteiger charge is -2.18. The molecule has 62 heavy (non-hydrogen) atoms. The number of hydrogen-bond donors (Lipinski definition) is 0. The molecule has 5 heteroatoms. The van der Waals surface area contributed by atoms with Crippen LogP contribution in [0.3, 0.4) is 0 Å². The molecule has 0 aliphatic carbocycles. The van der Waals surface area contributed by atoms with Gasteiger partial charge in [-0.3, -0.25) is 9.59 Å². The molecule has 0 aromatic rings. The number of hydrogen-bond acceptors (Lipinski definition) is 5. The molecule has 5 nitrogen and oxygen atoms in total. The van der Waals surface area contributed by atoms with Crippen LogP contribution < -0.4 is 0 Å². The summed E-state index contributed by atoms with van der Waals surface area (Å²) in [5.74, 6) is -0.552. The van der Waals surface area contributed by atoms with Crippen LogP contribution in [0.4, 0.5) is 0 Å². The van der Waals surface area contributed by atoms with Crippen molar-refractivity contribution >= 4 is 11.9 Å². The minimum absolute atomic E-state index is 0.0166. The van der Waals surface area contributed by atoms with Gasteiger partial charge in [-0.25, -0.2) is 0 Å². The fourth-order valence-corrected chi connectivity index (χ4v) is 5.87. The van der Waals surface area contributed by atoms with Gasteiger partial charge in [-0.15, -0.1) is 0 Å². The topological polar surface area (TPSA) is 61.8 Å². The van der Waals surface area contributed by atoms with Gasteiger partial charge in [0.15, 0.2) is 6.10 Å². The van der Waals surface area contributed by atoms with Crippen LogP contribution in [0, 0.1) is 0 Å². The van der Waals surface area contributed by atoms with Crippen LogP contribution in [0.5, 0.6) is 0 Å². The van der Waals surface area contributed by atoms with E-state index in [2.05, 4.69) is 161 Å². The molecule has 0 radical (unpaired) electrons. The molecule has 0 amide bonds. The fraction of sp³-hybridized carbons (Fsp3) is 0.544. The lowest BCUT2D eigenvalue weighted by molar-refractivity contribution is -0.162. The van der Waals surface area contributed by atoms with Gasteiger partial charge in [0.05, 0.1) is 6.61 Å². The molecule has 0 rings (SSSR count). The molecule has 1 unspecified atom stereocenters. The second kappa shape index (κ2) is 51.1. The quantitative estimate of drug-likeness (QED) is 0.0348. The number of esters is 2. The van der Waals surface area contributed by atoms with E-state index in [4.69, 9.17) is 14.2 Å². The van der Waals surface area contributed by atoms with Crippen molar-refractivity contribution in [3.63, 3.8) is 0 Å². The molecule has 0 aromatic heterocycles. The van der Waals surface area contributed by atoms with Crippen LogP contribution >= 0.6 is 0 Å². The summed E-state index contributed by atoms with van der Waals surface area (Å²) in [6.45, 7) is 7.22. The smallest absolute Gasteiger partial charge is 0.306 e. The van der Waals surface area contributed by atoms with Crippen molar-refractivity contribution in [2.24, 2.45) is 0 Å². The van der Waals surface area contributed by atoms with E-state index in [0.717, 1.165) is 116 Å². The van der Waals surface area contributed by atoms with Crippen molar-refractivity contribution in [3.8, 4) is 0 Å². The van der Waals surface area contributed by atoms with E-state index in [1.54, 1.807) is 0 Å². The summed E-state index contributed by atoms with van der Waals surface area (Å²) >= 11 is 0. The number of carbonyl (C=O) groups is 2. The lowest BCUT2D eigenvalue weighted by Crippen LogP contribution is -2.30. The Morgan fingerprint density at radius 3 is 1.15 bits per heavy atom. The van der Waals surface area contributed by atoms with Gasteiger partial charge in [-0.2, -0.15) is 0 Å². The van der Waals surface area contributed by atoms with Gasteiger partial charge in [-0.05, 0) is 116 Å². The van der Waals surface area contributed by atoms with Crippen LogP contribution in [0.15, 0.2) is 146 Å². The number of allylic oxidation sites excluding steroid dienone is 24. The van der Waals surface area contributed by atoms with Crippen molar-refractivity contribution in [2.45, 2.75) is 181 Å². The first-order valence-corrected chi connectivity index (χ1v) is 24.4. The maximum atomic E-state index is 12.7. The number of rotatable bonds is 42. The normalized spacial score (nSPS) is 13.5. The Bertz CT molecular complexity index is 1380. The lowest BCUT2D eigenvalue weighted by atomic mass is 10.1. The summed E-state index contributed by atoms with van der Waals surface area (Å²) in [6, 6.07) is 0. The summed E-state index contributed by atoms with van der Waals surface area (Å²) in [5.41, 5.74) is 0. The van der Waals surface area contributed by atoms with Crippen LogP contribution in [-0.2, 0) is 23.8 Å². The molecule has 346 valence electrons. The molecule has 0 saturated carbocycles. The molecule has 0 spiro atoms. The van der Waals surface area contributed by atoms with Crippen LogP contribution in [0.2, 0.25) is 0 Å². The molecular formula is C57H88O5. The van der Waals surface area contributed by atoms with Gasteiger partial charge in [-0.1, -0.05) is 192 Å². The summed E-state index contributed by atoms with van der Waals surface area (Å²) < 4.78 is 17.2. The first-order chi connectivity index (χ1) is 30.6. The zero-order valence-electron chi connectivity index (χ0n) is 39.6. The highest BCUT2D eigenvalue weighted by atomic mass is 16.6. The van der Waals surface area contributed by atoms with Crippen molar-refractivity contribution < 1.29 is 23.8 Å². The highest BCUT2D eigenvalue weighted by molar-refractivity contribution is 5.70. The molecular weight excluding hydrogens is 765 g/mol. The van der Waals surface area contributed by atoms with Crippen LogP contribution in [-0.4, -0.2) is 37.9 Å². The third kappa shape index (κ3) is 48.4. The molecule has 0 N–H and O–H groups in total. The number of carbonyl (C=O) groups excluding carboxylic acids is 2. The minimum atomic E-state index is -0.619. The van der Waals surface area contributed by atoms with Crippen molar-refractivity contribution in [1.82, 2.24) is 0 Å². The molecule has 0 aliphatic rings. The standard InChI is InChI=1S/C57H88O5/c1-4-7-10-13-16-19-22-25-27-28-29-30-31-33-35-38-41-44-47-50-56(58)61-54-55(53-60-52-49-46-43-40-37-34-26-23-20-17-14-11-8-5-2)62-57(59)51-48-45-42-39-36-32-24-21-18-15-12-9-6-3/h7-12,16-21,25-27,29-30,32,34,36,40,42-43,45,55H,4-6,13-15,22-24,28,31,33,35,37-39,41,44,46-54H2,1-3H3/b10-7-,11-8-,12-9-,19-16-,20-17-,21-18-,27-25-,30-29-,34-26-,36-32-,43-40-,45-42-. The summed E-state index contributed by atoms with van der Waals surface area (Å²) in [6.07, 6.45) is 74.5. The number of unbranched alkanes of at least 4 members (excludes halogenated alkanes) is 7. The highest BCUT2D eigenvalue weighted by Crippen LogP contribution is 2.11. The third-order valence-electron chi connectivity index (χ3n) is 9.36. The molecule has 0 fully saturated rings. The van der Waals surface area contributed by atoms with Gasteiger partial charge in [0.1, 0.15) is 6.61 Å². The Hall–Kier alpha value is -4.22. The zero-order valence-corrected chi connectivity index (χ0v) is 39.6. The molecule has 0 heterocycles. The Balaban J connectivity index is 4.47. The second-order valence-electron chi connectivity index (χ2n) is 15.2. The summed E-state index contributed by atoms with van der Waals surface area (Å²) in [7, 11) is 0. The van der Waals surface area contributed by atoms with E-state index in [1.165, 1.54) is 19.3 Å². The average Bonchev–Trinajstić information content (AvgIpc) is 3.27.